The summed E-state index contributed by atoms with van der Waals surface area (Å²) >= 11 is 6.07. The van der Waals surface area contributed by atoms with Gasteiger partial charge in [-0.25, -0.2) is 0 Å². The molecule has 0 saturated carbocycles. The largest absolute Gasteiger partial charge is 0.481 e. The standard InChI is InChI=1S/C15H19ClO2/c1-15(2,3)13-11(14(17)18)7-5-9-4-6-10(16)8-12(9)13/h4,6,8,11,13H,5,7H2,1-3H3,(H,17,18). The van der Waals surface area contributed by atoms with E-state index < -0.39 is 5.97 Å². The van der Waals surface area contributed by atoms with Crippen LogP contribution in [0, 0.1) is 11.3 Å². The number of benzene rings is 1. The van der Waals surface area contributed by atoms with E-state index in [0.29, 0.717) is 11.4 Å². The molecule has 0 spiro atoms. The Morgan fingerprint density at radius 3 is 2.61 bits per heavy atom. The molecule has 18 heavy (non-hydrogen) atoms. The van der Waals surface area contributed by atoms with Gasteiger partial charge in [0, 0.05) is 10.9 Å². The Hall–Kier alpha value is -1.02. The van der Waals surface area contributed by atoms with Gasteiger partial charge in [0.25, 0.3) is 0 Å². The maximum atomic E-state index is 11.5. The normalized spacial score (nSPS) is 23.6. The molecule has 2 nitrogen and oxygen atoms in total. The number of hydrogen-bond acceptors (Lipinski definition) is 1. The highest BCUT2D eigenvalue weighted by Crippen LogP contribution is 2.47. The summed E-state index contributed by atoms with van der Waals surface area (Å²) in [5.41, 5.74) is 2.29. The number of halogens is 1. The van der Waals surface area contributed by atoms with Crippen LogP contribution in [0.25, 0.3) is 0 Å². The lowest BCUT2D eigenvalue weighted by Crippen LogP contribution is -2.35. The zero-order chi connectivity index (χ0) is 13.5. The van der Waals surface area contributed by atoms with Crippen LogP contribution in [0.4, 0.5) is 0 Å². The van der Waals surface area contributed by atoms with Crippen LogP contribution in [0.5, 0.6) is 0 Å². The van der Waals surface area contributed by atoms with Crippen molar-refractivity contribution in [2.45, 2.75) is 39.5 Å². The van der Waals surface area contributed by atoms with Gasteiger partial charge in [-0.2, -0.15) is 0 Å². The summed E-state index contributed by atoms with van der Waals surface area (Å²) in [5, 5.41) is 10.1. The van der Waals surface area contributed by atoms with Crippen LogP contribution < -0.4 is 0 Å². The zero-order valence-corrected chi connectivity index (χ0v) is 11.8. The molecule has 0 radical (unpaired) electrons. The van der Waals surface area contributed by atoms with E-state index in [1.54, 1.807) is 0 Å². The highest BCUT2D eigenvalue weighted by molar-refractivity contribution is 6.30. The molecule has 1 aromatic rings. The van der Waals surface area contributed by atoms with Gasteiger partial charge in [-0.15, -0.1) is 0 Å². The van der Waals surface area contributed by atoms with E-state index in [4.69, 9.17) is 11.6 Å². The highest BCUT2D eigenvalue weighted by Gasteiger charge is 2.41. The number of carboxylic acids is 1. The smallest absolute Gasteiger partial charge is 0.307 e. The van der Waals surface area contributed by atoms with E-state index in [1.807, 2.05) is 18.2 Å². The van der Waals surface area contributed by atoms with Gasteiger partial charge < -0.3 is 5.11 Å². The molecular weight excluding hydrogens is 248 g/mol. The number of hydrogen-bond donors (Lipinski definition) is 1. The van der Waals surface area contributed by atoms with E-state index in [9.17, 15) is 9.90 Å². The first kappa shape index (κ1) is 13.4. The third-order valence-corrected chi connectivity index (χ3v) is 4.06. The molecule has 0 fully saturated rings. The van der Waals surface area contributed by atoms with Crippen molar-refractivity contribution in [3.8, 4) is 0 Å². The summed E-state index contributed by atoms with van der Waals surface area (Å²) in [6.45, 7) is 6.30. The molecule has 0 bridgehead atoms. The molecule has 3 heteroatoms. The van der Waals surface area contributed by atoms with Crippen LogP contribution >= 0.6 is 11.6 Å². The van der Waals surface area contributed by atoms with Crippen molar-refractivity contribution in [2.24, 2.45) is 11.3 Å². The molecule has 0 amide bonds. The molecular formula is C15H19ClO2. The Morgan fingerprint density at radius 1 is 1.39 bits per heavy atom. The minimum absolute atomic E-state index is 0.0254. The third kappa shape index (κ3) is 2.39. The molecule has 1 aliphatic rings. The predicted molar refractivity (Wildman–Crippen MR) is 73.1 cm³/mol. The lowest BCUT2D eigenvalue weighted by molar-refractivity contribution is -0.144. The van der Waals surface area contributed by atoms with Crippen molar-refractivity contribution in [3.05, 3.63) is 34.3 Å². The molecule has 1 N–H and O–H groups in total. The Balaban J connectivity index is 2.55. The molecule has 98 valence electrons. The number of aryl methyl sites for hydroxylation is 1. The topological polar surface area (TPSA) is 37.3 Å². The summed E-state index contributed by atoms with van der Waals surface area (Å²) in [4.78, 5) is 11.5. The average molecular weight is 267 g/mol. The van der Waals surface area contributed by atoms with Crippen molar-refractivity contribution < 1.29 is 9.90 Å². The van der Waals surface area contributed by atoms with Crippen molar-refractivity contribution in [2.75, 3.05) is 0 Å². The Labute approximate surface area is 113 Å². The first-order valence-corrected chi connectivity index (χ1v) is 6.69. The monoisotopic (exact) mass is 266 g/mol. The fourth-order valence-electron chi connectivity index (χ4n) is 3.11. The fraction of sp³-hybridized carbons (Fsp3) is 0.533. The minimum atomic E-state index is -0.694. The van der Waals surface area contributed by atoms with Crippen LogP contribution in [0.15, 0.2) is 18.2 Å². The summed E-state index contributed by atoms with van der Waals surface area (Å²) in [7, 11) is 0. The maximum absolute atomic E-state index is 11.5. The Morgan fingerprint density at radius 2 is 2.06 bits per heavy atom. The van der Waals surface area contributed by atoms with Gasteiger partial charge in [-0.05, 0) is 41.5 Å². The number of carbonyl (C=O) groups is 1. The highest BCUT2D eigenvalue weighted by atomic mass is 35.5. The summed E-state index contributed by atoms with van der Waals surface area (Å²) < 4.78 is 0. The van der Waals surface area contributed by atoms with Crippen molar-refractivity contribution in [1.82, 2.24) is 0 Å². The first-order valence-electron chi connectivity index (χ1n) is 6.32. The van der Waals surface area contributed by atoms with Crippen molar-refractivity contribution in [1.29, 1.82) is 0 Å². The van der Waals surface area contributed by atoms with Crippen LogP contribution in [0.1, 0.15) is 44.2 Å². The van der Waals surface area contributed by atoms with Gasteiger partial charge in [0.1, 0.15) is 0 Å². The molecule has 2 rings (SSSR count). The van der Waals surface area contributed by atoms with Gasteiger partial charge >= 0.3 is 5.97 Å². The summed E-state index contributed by atoms with van der Waals surface area (Å²) in [6, 6.07) is 5.87. The van der Waals surface area contributed by atoms with E-state index in [-0.39, 0.29) is 17.3 Å². The van der Waals surface area contributed by atoms with Gasteiger partial charge in [-0.3, -0.25) is 4.79 Å². The molecule has 1 aromatic carbocycles. The van der Waals surface area contributed by atoms with E-state index in [1.165, 1.54) is 5.56 Å². The van der Waals surface area contributed by atoms with Crippen molar-refractivity contribution in [3.63, 3.8) is 0 Å². The molecule has 0 aliphatic heterocycles. The average Bonchev–Trinajstić information content (AvgIpc) is 2.25. The molecule has 1 aliphatic carbocycles. The Kier molecular flexibility index (Phi) is 3.41. The van der Waals surface area contributed by atoms with Crippen LogP contribution in [-0.2, 0) is 11.2 Å². The minimum Gasteiger partial charge on any atom is -0.481 e. The maximum Gasteiger partial charge on any atom is 0.307 e. The summed E-state index contributed by atoms with van der Waals surface area (Å²) in [5.74, 6) is -0.978. The molecule has 2 unspecified atom stereocenters. The molecule has 0 aromatic heterocycles. The van der Waals surface area contributed by atoms with Crippen LogP contribution in [0.2, 0.25) is 5.02 Å². The lowest BCUT2D eigenvalue weighted by Gasteiger charge is -2.40. The first-order chi connectivity index (χ1) is 8.30. The molecule has 2 atom stereocenters. The second-order valence-electron chi connectivity index (χ2n) is 6.17. The number of fused-ring (bicyclic) bond motifs is 1. The van der Waals surface area contributed by atoms with E-state index in [2.05, 4.69) is 20.8 Å². The van der Waals surface area contributed by atoms with Crippen LogP contribution in [-0.4, -0.2) is 11.1 Å². The Bertz CT molecular complexity index is 474. The fourth-order valence-corrected chi connectivity index (χ4v) is 3.29. The second-order valence-corrected chi connectivity index (χ2v) is 6.61. The van der Waals surface area contributed by atoms with Gasteiger partial charge in [0.05, 0.1) is 5.92 Å². The molecule has 0 saturated heterocycles. The molecule has 0 heterocycles. The lowest BCUT2D eigenvalue weighted by atomic mass is 9.64. The van der Waals surface area contributed by atoms with Crippen LogP contribution in [0.3, 0.4) is 0 Å². The number of carboxylic acid groups (broad SMARTS) is 1. The quantitative estimate of drug-likeness (QED) is 0.830. The van der Waals surface area contributed by atoms with Gasteiger partial charge in [0.15, 0.2) is 0 Å². The second kappa shape index (κ2) is 4.58. The third-order valence-electron chi connectivity index (χ3n) is 3.82. The zero-order valence-electron chi connectivity index (χ0n) is 11.0. The van der Waals surface area contributed by atoms with Gasteiger partial charge in [-0.1, -0.05) is 38.4 Å². The predicted octanol–water partition coefficient (Wildman–Crippen LogP) is 4.12. The van der Waals surface area contributed by atoms with E-state index >= 15 is 0 Å². The number of rotatable bonds is 1. The van der Waals surface area contributed by atoms with E-state index in [0.717, 1.165) is 12.0 Å². The van der Waals surface area contributed by atoms with Gasteiger partial charge in [0.2, 0.25) is 0 Å². The summed E-state index contributed by atoms with van der Waals surface area (Å²) in [6.07, 6.45) is 1.54. The van der Waals surface area contributed by atoms with Crippen molar-refractivity contribution >= 4 is 17.6 Å². The SMILES string of the molecule is CC(C)(C)C1c2cc(Cl)ccc2CCC1C(=O)O. The number of aliphatic carboxylic acids is 1.